The molecule has 2 aromatic carbocycles. The first-order valence-corrected chi connectivity index (χ1v) is 9.53. The van der Waals surface area contributed by atoms with Crippen molar-refractivity contribution in [1.29, 1.82) is 0 Å². The highest BCUT2D eigenvalue weighted by atomic mass is 16.5. The molecule has 0 aliphatic carbocycles. The van der Waals surface area contributed by atoms with Gasteiger partial charge in [0.2, 0.25) is 0 Å². The summed E-state index contributed by atoms with van der Waals surface area (Å²) >= 11 is 0. The molecule has 2 aliphatic heterocycles. The summed E-state index contributed by atoms with van der Waals surface area (Å²) in [6.45, 7) is 5.90. The Balaban J connectivity index is 1.46. The van der Waals surface area contributed by atoms with Crippen molar-refractivity contribution in [2.45, 2.75) is 18.9 Å². The number of rotatable bonds is 4. The number of ether oxygens (including phenoxy) is 1. The van der Waals surface area contributed by atoms with Crippen molar-refractivity contribution >= 4 is 5.91 Å². The third-order valence-electron chi connectivity index (χ3n) is 5.49. The Labute approximate surface area is 155 Å². The van der Waals surface area contributed by atoms with Crippen LogP contribution in [0.1, 0.15) is 33.8 Å². The van der Waals surface area contributed by atoms with Gasteiger partial charge in [0.1, 0.15) is 0 Å². The standard InChI is InChI=1S/C22H26N2O2/c25-22(24-11-10-19(17-24)18-6-2-1-3-7-18)21-9-5-4-8-20(21)16-23-12-14-26-15-13-23/h1-9,19H,10-17H2/t19-/m0/s1. The van der Waals surface area contributed by atoms with E-state index in [1.165, 1.54) is 5.56 Å². The van der Waals surface area contributed by atoms with Crippen LogP contribution in [-0.2, 0) is 11.3 Å². The van der Waals surface area contributed by atoms with Gasteiger partial charge in [-0.1, -0.05) is 48.5 Å². The van der Waals surface area contributed by atoms with Crippen LogP contribution in [0.15, 0.2) is 54.6 Å². The number of benzene rings is 2. The number of likely N-dealkylation sites (tertiary alicyclic amines) is 1. The molecule has 0 N–H and O–H groups in total. The zero-order chi connectivity index (χ0) is 17.8. The molecule has 1 amide bonds. The quantitative estimate of drug-likeness (QED) is 0.849. The van der Waals surface area contributed by atoms with Crippen molar-refractivity contribution < 1.29 is 9.53 Å². The lowest BCUT2D eigenvalue weighted by atomic mass is 9.99. The van der Waals surface area contributed by atoms with Gasteiger partial charge in [0.05, 0.1) is 13.2 Å². The summed E-state index contributed by atoms with van der Waals surface area (Å²) in [4.78, 5) is 17.6. The van der Waals surface area contributed by atoms with E-state index in [1.807, 2.05) is 29.2 Å². The van der Waals surface area contributed by atoms with Gasteiger partial charge in [-0.2, -0.15) is 0 Å². The van der Waals surface area contributed by atoms with Gasteiger partial charge in [-0.3, -0.25) is 9.69 Å². The van der Waals surface area contributed by atoms with Gasteiger partial charge in [-0.05, 0) is 23.6 Å². The molecule has 0 saturated carbocycles. The number of carbonyl (C=O) groups is 1. The van der Waals surface area contributed by atoms with E-state index in [4.69, 9.17) is 4.74 Å². The molecule has 0 spiro atoms. The Bertz CT molecular complexity index is 741. The van der Waals surface area contributed by atoms with Crippen molar-refractivity contribution in [1.82, 2.24) is 9.80 Å². The first-order valence-electron chi connectivity index (χ1n) is 9.53. The van der Waals surface area contributed by atoms with E-state index in [2.05, 4.69) is 35.2 Å². The summed E-state index contributed by atoms with van der Waals surface area (Å²) in [5.41, 5.74) is 3.32. The molecule has 4 nitrogen and oxygen atoms in total. The van der Waals surface area contributed by atoms with E-state index in [1.54, 1.807) is 0 Å². The molecule has 1 atom stereocenters. The lowest BCUT2D eigenvalue weighted by Crippen LogP contribution is -2.36. The molecule has 2 aromatic rings. The fourth-order valence-electron chi connectivity index (χ4n) is 3.98. The monoisotopic (exact) mass is 350 g/mol. The SMILES string of the molecule is O=C(c1ccccc1CN1CCOCC1)N1CC[C@H](c2ccccc2)C1. The molecular weight excluding hydrogens is 324 g/mol. The highest BCUT2D eigenvalue weighted by Crippen LogP contribution is 2.28. The normalized spacial score (nSPS) is 21.1. The van der Waals surface area contributed by atoms with E-state index < -0.39 is 0 Å². The Morgan fingerprint density at radius 3 is 2.50 bits per heavy atom. The molecule has 2 aliphatic rings. The number of amides is 1. The van der Waals surface area contributed by atoms with Gasteiger partial charge in [0.25, 0.3) is 5.91 Å². The maximum atomic E-state index is 13.2. The minimum absolute atomic E-state index is 0.173. The van der Waals surface area contributed by atoms with Gasteiger partial charge in [-0.15, -0.1) is 0 Å². The Morgan fingerprint density at radius 1 is 0.962 bits per heavy atom. The van der Waals surface area contributed by atoms with Crippen LogP contribution >= 0.6 is 0 Å². The van der Waals surface area contributed by atoms with Crippen LogP contribution in [0.25, 0.3) is 0 Å². The minimum atomic E-state index is 0.173. The van der Waals surface area contributed by atoms with E-state index in [9.17, 15) is 4.79 Å². The van der Waals surface area contributed by atoms with Gasteiger partial charge >= 0.3 is 0 Å². The molecule has 0 radical (unpaired) electrons. The highest BCUT2D eigenvalue weighted by molar-refractivity contribution is 5.96. The van der Waals surface area contributed by atoms with Crippen molar-refractivity contribution in [2.75, 3.05) is 39.4 Å². The Hall–Kier alpha value is -2.17. The molecule has 4 heteroatoms. The second-order valence-electron chi connectivity index (χ2n) is 7.19. The molecule has 0 bridgehead atoms. The van der Waals surface area contributed by atoms with E-state index in [0.29, 0.717) is 5.92 Å². The zero-order valence-electron chi connectivity index (χ0n) is 15.1. The molecule has 2 heterocycles. The fourth-order valence-corrected chi connectivity index (χ4v) is 3.98. The van der Waals surface area contributed by atoms with Crippen molar-refractivity contribution in [3.05, 3.63) is 71.3 Å². The third-order valence-corrected chi connectivity index (χ3v) is 5.49. The number of hydrogen-bond acceptors (Lipinski definition) is 3. The summed E-state index contributed by atoms with van der Waals surface area (Å²) < 4.78 is 5.43. The van der Waals surface area contributed by atoms with Gasteiger partial charge in [-0.25, -0.2) is 0 Å². The maximum absolute atomic E-state index is 13.2. The van der Waals surface area contributed by atoms with Crippen LogP contribution in [0.4, 0.5) is 0 Å². The van der Waals surface area contributed by atoms with Crippen LogP contribution in [0.5, 0.6) is 0 Å². The Kier molecular flexibility index (Phi) is 5.32. The lowest BCUT2D eigenvalue weighted by Gasteiger charge is -2.27. The van der Waals surface area contributed by atoms with Crippen LogP contribution in [0.3, 0.4) is 0 Å². The predicted molar refractivity (Wildman–Crippen MR) is 102 cm³/mol. The molecule has 2 saturated heterocycles. The fraction of sp³-hybridized carbons (Fsp3) is 0.409. The smallest absolute Gasteiger partial charge is 0.254 e. The predicted octanol–water partition coefficient (Wildman–Crippen LogP) is 3.15. The van der Waals surface area contributed by atoms with Gasteiger partial charge < -0.3 is 9.64 Å². The number of nitrogens with zero attached hydrogens (tertiary/aromatic N) is 2. The largest absolute Gasteiger partial charge is 0.379 e. The lowest BCUT2D eigenvalue weighted by molar-refractivity contribution is 0.0340. The average Bonchev–Trinajstić information content (AvgIpc) is 3.20. The molecule has 136 valence electrons. The first-order chi connectivity index (χ1) is 12.8. The highest BCUT2D eigenvalue weighted by Gasteiger charge is 2.29. The summed E-state index contributed by atoms with van der Waals surface area (Å²) in [6, 6.07) is 18.6. The van der Waals surface area contributed by atoms with Gasteiger partial charge in [0, 0.05) is 44.2 Å². The zero-order valence-corrected chi connectivity index (χ0v) is 15.1. The van der Waals surface area contributed by atoms with Crippen LogP contribution in [0, 0.1) is 0 Å². The van der Waals surface area contributed by atoms with Crippen LogP contribution in [0.2, 0.25) is 0 Å². The molecule has 4 rings (SSSR count). The topological polar surface area (TPSA) is 32.8 Å². The molecule has 26 heavy (non-hydrogen) atoms. The van der Waals surface area contributed by atoms with Crippen molar-refractivity contribution in [3.8, 4) is 0 Å². The van der Waals surface area contributed by atoms with E-state index in [-0.39, 0.29) is 5.91 Å². The van der Waals surface area contributed by atoms with Crippen LogP contribution < -0.4 is 0 Å². The summed E-state index contributed by atoms with van der Waals surface area (Å²) in [5.74, 6) is 0.624. The summed E-state index contributed by atoms with van der Waals surface area (Å²) in [7, 11) is 0. The third kappa shape index (κ3) is 3.81. The van der Waals surface area contributed by atoms with E-state index in [0.717, 1.165) is 63.5 Å². The van der Waals surface area contributed by atoms with Crippen LogP contribution in [-0.4, -0.2) is 55.1 Å². The maximum Gasteiger partial charge on any atom is 0.254 e. The second kappa shape index (κ2) is 8.02. The van der Waals surface area contributed by atoms with E-state index >= 15 is 0 Å². The average molecular weight is 350 g/mol. The molecule has 0 aromatic heterocycles. The van der Waals surface area contributed by atoms with Crippen molar-refractivity contribution in [3.63, 3.8) is 0 Å². The molecule has 0 unspecified atom stereocenters. The molecule has 2 fully saturated rings. The first kappa shape index (κ1) is 17.3. The summed E-state index contributed by atoms with van der Waals surface area (Å²) in [6.07, 6.45) is 1.04. The van der Waals surface area contributed by atoms with Crippen molar-refractivity contribution in [2.24, 2.45) is 0 Å². The number of carbonyl (C=O) groups excluding carboxylic acids is 1. The van der Waals surface area contributed by atoms with Gasteiger partial charge in [0.15, 0.2) is 0 Å². The number of hydrogen-bond donors (Lipinski definition) is 0. The minimum Gasteiger partial charge on any atom is -0.379 e. The molecular formula is C22H26N2O2. The second-order valence-corrected chi connectivity index (χ2v) is 7.19. The Morgan fingerprint density at radius 2 is 1.69 bits per heavy atom. The number of morpholine rings is 1. The summed E-state index contributed by atoms with van der Waals surface area (Å²) in [5, 5.41) is 0.